The van der Waals surface area contributed by atoms with Crippen molar-refractivity contribution in [3.63, 3.8) is 0 Å². The summed E-state index contributed by atoms with van der Waals surface area (Å²) in [5.41, 5.74) is 25.1. The third-order valence-electron chi connectivity index (χ3n) is 17.9. The van der Waals surface area contributed by atoms with Crippen LogP contribution in [0.1, 0.15) is 130 Å². The van der Waals surface area contributed by atoms with Crippen LogP contribution in [0.3, 0.4) is 0 Å². The maximum atomic E-state index is 2.77. The predicted octanol–water partition coefficient (Wildman–Crippen LogP) is 16.7. The zero-order valence-corrected chi connectivity index (χ0v) is 41.7. The molecular weight excluding hydrogens is 847 g/mol. The third kappa shape index (κ3) is 6.60. The van der Waals surface area contributed by atoms with Gasteiger partial charge in [-0.1, -0.05) is 156 Å². The van der Waals surface area contributed by atoms with E-state index < -0.39 is 0 Å². The van der Waals surface area contributed by atoms with E-state index in [0.29, 0.717) is 5.92 Å². The molecule has 0 amide bonds. The van der Waals surface area contributed by atoms with Gasteiger partial charge in [-0.15, -0.1) is 0 Å². The molecule has 70 heavy (non-hydrogen) atoms. The summed E-state index contributed by atoms with van der Waals surface area (Å²) in [4.78, 5) is 5.39. The summed E-state index contributed by atoms with van der Waals surface area (Å²) < 4.78 is 2.60. The van der Waals surface area contributed by atoms with Gasteiger partial charge in [0.1, 0.15) is 0 Å². The van der Waals surface area contributed by atoms with Gasteiger partial charge in [0, 0.05) is 79.8 Å². The van der Waals surface area contributed by atoms with E-state index in [4.69, 9.17) is 0 Å². The first kappa shape index (κ1) is 43.2. The standard InChI is InChI=1S/C67H65N3/c1-65(2)59-29-17-15-27-54(59)55-35-33-50(43-61(55)65)68(47-21-9-6-10-22-47)52-39-46(45-32-37-64-58(41-45)56-28-16-18-31-63(56)70(64)49-25-13-8-14-26-49)40-53(42-52)69(48-23-11-7-12-24-48)51-34-36-57-60-30-19-20-38-67(60,5)66(3,4)62(57)44-51/h7-9,11-17,19-30,34,36,38-41,43-44,52,60H,6,10,18,31-33,35,37,42H2,1-5H3. The summed E-state index contributed by atoms with van der Waals surface area (Å²) in [6.45, 7) is 12.3. The van der Waals surface area contributed by atoms with Crippen LogP contribution in [0.4, 0.5) is 11.4 Å². The summed E-state index contributed by atoms with van der Waals surface area (Å²) in [5.74, 6) is 0.359. The fraction of sp³-hybridized carbons (Fsp3) is 0.284. The number of hydrogen-bond donors (Lipinski definition) is 0. The second-order valence-corrected chi connectivity index (χ2v) is 22.3. The Morgan fingerprint density at radius 2 is 1.41 bits per heavy atom. The SMILES string of the molecule is CC1(C)C2=C(CCC(N(C3=CCCC=C3)C3C=C(C4=Cc5c6c(n(-c7ccccc7)c5CC4)CCC=C6)C=C(N(c4ccccc4)c4ccc5c(c4)C(C)(C)C4(C)C=CC=CC54)C3)=C2)c2ccccc21. The van der Waals surface area contributed by atoms with Gasteiger partial charge in [-0.3, -0.25) is 0 Å². The second-order valence-electron chi connectivity index (χ2n) is 22.3. The van der Waals surface area contributed by atoms with E-state index in [0.717, 1.165) is 57.8 Å². The van der Waals surface area contributed by atoms with E-state index in [-0.39, 0.29) is 22.3 Å². The number of benzene rings is 4. The lowest BCUT2D eigenvalue weighted by molar-refractivity contribution is 0.245. The van der Waals surface area contributed by atoms with E-state index in [2.05, 4.69) is 231 Å². The number of nitrogens with zero attached hydrogens (tertiary/aromatic N) is 3. The molecule has 0 bridgehead atoms. The monoisotopic (exact) mass is 912 g/mol. The van der Waals surface area contributed by atoms with E-state index in [9.17, 15) is 0 Å². The van der Waals surface area contributed by atoms with Crippen molar-refractivity contribution in [2.24, 2.45) is 5.41 Å². The number of aromatic nitrogens is 1. The van der Waals surface area contributed by atoms with Crippen molar-refractivity contribution in [1.29, 1.82) is 0 Å². The van der Waals surface area contributed by atoms with Crippen LogP contribution in [0.2, 0.25) is 0 Å². The predicted molar refractivity (Wildman–Crippen MR) is 293 cm³/mol. The van der Waals surface area contributed by atoms with Crippen molar-refractivity contribution in [2.75, 3.05) is 4.90 Å². The summed E-state index contributed by atoms with van der Waals surface area (Å²) in [5, 5.41) is 0. The van der Waals surface area contributed by atoms with Gasteiger partial charge in [0.2, 0.25) is 0 Å². The largest absolute Gasteiger partial charge is 0.338 e. The molecule has 3 unspecified atom stereocenters. The van der Waals surface area contributed by atoms with Crippen molar-refractivity contribution in [3.05, 3.63) is 249 Å². The third-order valence-corrected chi connectivity index (χ3v) is 17.9. The molecule has 5 aromatic rings. The van der Waals surface area contributed by atoms with Crippen molar-refractivity contribution in [1.82, 2.24) is 9.47 Å². The van der Waals surface area contributed by atoms with Gasteiger partial charge >= 0.3 is 0 Å². The van der Waals surface area contributed by atoms with Crippen molar-refractivity contribution < 1.29 is 0 Å². The molecule has 0 aliphatic heterocycles. The molecule has 4 aromatic carbocycles. The molecule has 0 fully saturated rings. The maximum Gasteiger partial charge on any atom is 0.0582 e. The molecule has 1 heterocycles. The van der Waals surface area contributed by atoms with Crippen LogP contribution in [0, 0.1) is 5.41 Å². The van der Waals surface area contributed by atoms with E-state index in [1.54, 1.807) is 0 Å². The Balaban J connectivity index is 0.996. The van der Waals surface area contributed by atoms with Gasteiger partial charge in [0.25, 0.3) is 0 Å². The zero-order chi connectivity index (χ0) is 47.4. The summed E-state index contributed by atoms with van der Waals surface area (Å²) >= 11 is 0. The number of para-hydroxylation sites is 2. The van der Waals surface area contributed by atoms with Crippen molar-refractivity contribution >= 4 is 29.1 Å². The fourth-order valence-electron chi connectivity index (χ4n) is 14.0. The van der Waals surface area contributed by atoms with Crippen LogP contribution in [-0.2, 0) is 23.7 Å². The van der Waals surface area contributed by atoms with Gasteiger partial charge in [-0.05, 0) is 162 Å². The fourth-order valence-corrected chi connectivity index (χ4v) is 14.0. The Labute approximate surface area is 416 Å². The van der Waals surface area contributed by atoms with Crippen LogP contribution in [0.25, 0.3) is 23.4 Å². The van der Waals surface area contributed by atoms with Crippen molar-refractivity contribution in [3.8, 4) is 5.69 Å². The van der Waals surface area contributed by atoms with E-state index in [1.165, 1.54) is 101 Å². The zero-order valence-electron chi connectivity index (χ0n) is 41.7. The van der Waals surface area contributed by atoms with E-state index >= 15 is 0 Å². The van der Waals surface area contributed by atoms with Crippen molar-refractivity contribution in [2.45, 2.75) is 115 Å². The molecule has 8 aliphatic rings. The van der Waals surface area contributed by atoms with Gasteiger partial charge in [-0.25, -0.2) is 0 Å². The molecule has 1 aromatic heterocycles. The first-order chi connectivity index (χ1) is 34.1. The quantitative estimate of drug-likeness (QED) is 0.154. The van der Waals surface area contributed by atoms with Gasteiger partial charge in [-0.2, -0.15) is 0 Å². The Bertz CT molecular complexity index is 3310. The molecule has 0 saturated heterocycles. The number of rotatable bonds is 8. The number of hydrogen-bond acceptors (Lipinski definition) is 2. The number of allylic oxidation sites excluding steroid dienone is 15. The van der Waals surface area contributed by atoms with E-state index in [1.807, 2.05) is 0 Å². The lowest BCUT2D eigenvalue weighted by atomic mass is 9.62. The molecule has 0 saturated carbocycles. The maximum absolute atomic E-state index is 2.77. The molecule has 13 rings (SSSR count). The van der Waals surface area contributed by atoms with Gasteiger partial charge in [0.05, 0.1) is 6.04 Å². The van der Waals surface area contributed by atoms with Gasteiger partial charge < -0.3 is 14.4 Å². The molecule has 3 nitrogen and oxygen atoms in total. The number of fused-ring (bicyclic) bond motifs is 8. The summed E-state index contributed by atoms with van der Waals surface area (Å²) in [7, 11) is 0. The average Bonchev–Trinajstić information content (AvgIpc) is 3.91. The Kier molecular flexibility index (Phi) is 10.1. The molecule has 348 valence electrons. The molecule has 0 radical (unpaired) electrons. The Hall–Kier alpha value is -6.84. The molecule has 0 spiro atoms. The molecule has 3 heteroatoms. The molecule has 3 atom stereocenters. The molecule has 8 aliphatic carbocycles. The minimum Gasteiger partial charge on any atom is -0.338 e. The highest BCUT2D eigenvalue weighted by Crippen LogP contribution is 2.62. The minimum absolute atomic E-state index is 0.00552. The Morgan fingerprint density at radius 1 is 0.629 bits per heavy atom. The highest BCUT2D eigenvalue weighted by Gasteiger charge is 2.53. The molecular formula is C67H65N3. The minimum atomic E-state index is -0.0569. The first-order valence-corrected chi connectivity index (χ1v) is 26.3. The van der Waals surface area contributed by atoms with Crippen LogP contribution < -0.4 is 4.90 Å². The van der Waals surface area contributed by atoms with Gasteiger partial charge in [0.15, 0.2) is 0 Å². The highest BCUT2D eigenvalue weighted by atomic mass is 15.2. The lowest BCUT2D eigenvalue weighted by Crippen LogP contribution is -2.37. The average molecular weight is 912 g/mol. The number of anilines is 2. The normalized spacial score (nSPS) is 24.0. The smallest absolute Gasteiger partial charge is 0.0582 e. The van der Waals surface area contributed by atoms with Crippen LogP contribution in [0.15, 0.2) is 204 Å². The van der Waals surface area contributed by atoms with Crippen LogP contribution in [0.5, 0.6) is 0 Å². The van der Waals surface area contributed by atoms with Crippen LogP contribution in [-0.4, -0.2) is 15.5 Å². The topological polar surface area (TPSA) is 11.4 Å². The highest BCUT2D eigenvalue weighted by molar-refractivity contribution is 5.84. The second kappa shape index (κ2) is 16.4. The Morgan fingerprint density at radius 3 is 2.24 bits per heavy atom. The summed E-state index contributed by atoms with van der Waals surface area (Å²) in [6, 6.07) is 39.0. The molecule has 0 N–H and O–H groups in total. The van der Waals surface area contributed by atoms with Crippen LogP contribution >= 0.6 is 0 Å². The lowest BCUT2D eigenvalue weighted by Gasteiger charge is -2.42. The first-order valence-electron chi connectivity index (χ1n) is 26.3. The summed E-state index contributed by atoms with van der Waals surface area (Å²) in [6.07, 6.45) is 41.2.